The smallest absolute Gasteiger partial charge is 0.277 e. The van der Waals surface area contributed by atoms with Crippen molar-refractivity contribution in [2.45, 2.75) is 56.8 Å². The zero-order chi connectivity index (χ0) is 21.6. The van der Waals surface area contributed by atoms with Gasteiger partial charge in [0.1, 0.15) is 5.82 Å². The minimum Gasteiger partial charge on any atom is -0.411 e. The van der Waals surface area contributed by atoms with E-state index in [1.807, 2.05) is 36.1 Å². The molecule has 0 radical (unpaired) electrons. The molecule has 0 atom stereocenters. The summed E-state index contributed by atoms with van der Waals surface area (Å²) in [4.78, 5) is 15.1. The second-order valence-corrected chi connectivity index (χ2v) is 8.90. The van der Waals surface area contributed by atoms with Gasteiger partial charge in [-0.2, -0.15) is 0 Å². The van der Waals surface area contributed by atoms with E-state index in [9.17, 15) is 9.18 Å². The third-order valence-electron chi connectivity index (χ3n) is 5.59. The maximum Gasteiger partial charge on any atom is 0.277 e. The third-order valence-corrected chi connectivity index (χ3v) is 6.40. The highest BCUT2D eigenvalue weighted by atomic mass is 32.2. The summed E-state index contributed by atoms with van der Waals surface area (Å²) in [5.74, 6) is 0.453. The lowest BCUT2D eigenvalue weighted by Gasteiger charge is -2.34. The molecule has 1 amide bonds. The number of thioether (sulfide) groups is 1. The first kappa shape index (κ1) is 21.6. The van der Waals surface area contributed by atoms with E-state index in [-0.39, 0.29) is 23.5 Å². The zero-order valence-electron chi connectivity index (χ0n) is 17.6. The van der Waals surface area contributed by atoms with Gasteiger partial charge in [-0.3, -0.25) is 4.79 Å². The second-order valence-electron chi connectivity index (χ2n) is 7.97. The number of rotatable bonds is 7. The molecular formula is C24H26FN3O2S. The van der Waals surface area contributed by atoms with Gasteiger partial charge in [-0.25, -0.2) is 4.39 Å². The Balaban J connectivity index is 1.42. The zero-order valence-corrected chi connectivity index (χ0v) is 18.4. The van der Waals surface area contributed by atoms with Gasteiger partial charge in [0.15, 0.2) is 0 Å². The number of carbonyl (C=O) groups is 1. The molecule has 31 heavy (non-hydrogen) atoms. The van der Waals surface area contributed by atoms with E-state index in [1.165, 1.54) is 30.3 Å². The van der Waals surface area contributed by atoms with Crippen LogP contribution in [0.1, 0.15) is 43.2 Å². The molecule has 3 aromatic rings. The van der Waals surface area contributed by atoms with Crippen molar-refractivity contribution in [1.82, 2.24) is 15.1 Å². The topological polar surface area (TPSA) is 59.2 Å². The predicted molar refractivity (Wildman–Crippen MR) is 119 cm³/mol. The molecule has 5 nitrogen and oxygen atoms in total. The molecule has 4 rings (SSSR count). The SMILES string of the molecule is Cc1cccc(-c2nnc(SCC(=O)N(Cc3ccc(F)cc3)C3CCCCC3)o2)c1. The molecule has 1 aliphatic carbocycles. The van der Waals surface area contributed by atoms with Crippen LogP contribution in [-0.2, 0) is 11.3 Å². The van der Waals surface area contributed by atoms with Crippen molar-refractivity contribution in [2.24, 2.45) is 0 Å². The number of hydrogen-bond donors (Lipinski definition) is 0. The molecular weight excluding hydrogens is 413 g/mol. The van der Waals surface area contributed by atoms with Crippen LogP contribution >= 0.6 is 11.8 Å². The van der Waals surface area contributed by atoms with Gasteiger partial charge in [-0.05, 0) is 49.6 Å². The largest absolute Gasteiger partial charge is 0.411 e. The third kappa shape index (κ3) is 5.73. The number of aromatic nitrogens is 2. The fourth-order valence-corrected chi connectivity index (χ4v) is 4.62. The summed E-state index contributed by atoms with van der Waals surface area (Å²) in [7, 11) is 0. The molecule has 0 saturated heterocycles. The van der Waals surface area contributed by atoms with Gasteiger partial charge in [-0.15, -0.1) is 10.2 Å². The van der Waals surface area contributed by atoms with Crippen molar-refractivity contribution < 1.29 is 13.6 Å². The maximum atomic E-state index is 13.3. The number of aryl methyl sites for hydroxylation is 1. The van der Waals surface area contributed by atoms with Gasteiger partial charge >= 0.3 is 0 Å². The summed E-state index contributed by atoms with van der Waals surface area (Å²) >= 11 is 1.26. The first-order valence-corrected chi connectivity index (χ1v) is 11.6. The van der Waals surface area contributed by atoms with E-state index in [4.69, 9.17) is 4.42 Å². The summed E-state index contributed by atoms with van der Waals surface area (Å²) in [6.07, 6.45) is 5.50. The van der Waals surface area contributed by atoms with Crippen molar-refractivity contribution in [2.75, 3.05) is 5.75 Å². The number of amides is 1. The van der Waals surface area contributed by atoms with Crippen LogP contribution in [0, 0.1) is 12.7 Å². The molecule has 0 N–H and O–H groups in total. The molecule has 1 heterocycles. The van der Waals surface area contributed by atoms with Gasteiger partial charge in [0.25, 0.3) is 5.22 Å². The fraction of sp³-hybridized carbons (Fsp3) is 0.375. The van der Waals surface area contributed by atoms with E-state index in [2.05, 4.69) is 10.2 Å². The number of carbonyl (C=O) groups excluding carboxylic acids is 1. The lowest BCUT2D eigenvalue weighted by atomic mass is 9.94. The Kier molecular flexibility index (Phi) is 7.02. The Morgan fingerprint density at radius 3 is 2.65 bits per heavy atom. The Bertz CT molecular complexity index is 1020. The minimum atomic E-state index is -0.268. The summed E-state index contributed by atoms with van der Waals surface area (Å²) in [5.41, 5.74) is 2.92. The number of hydrogen-bond acceptors (Lipinski definition) is 5. The summed E-state index contributed by atoms with van der Waals surface area (Å²) in [6, 6.07) is 14.5. The Morgan fingerprint density at radius 1 is 1.13 bits per heavy atom. The highest BCUT2D eigenvalue weighted by Gasteiger charge is 2.26. The van der Waals surface area contributed by atoms with E-state index >= 15 is 0 Å². The highest BCUT2D eigenvalue weighted by Crippen LogP contribution is 2.27. The van der Waals surface area contributed by atoms with Gasteiger partial charge in [0.2, 0.25) is 11.8 Å². The minimum absolute atomic E-state index is 0.0385. The van der Waals surface area contributed by atoms with Crippen LogP contribution < -0.4 is 0 Å². The summed E-state index contributed by atoms with van der Waals surface area (Å²) in [6.45, 7) is 2.50. The number of nitrogens with zero attached hydrogens (tertiary/aromatic N) is 3. The number of benzene rings is 2. The monoisotopic (exact) mass is 439 g/mol. The van der Waals surface area contributed by atoms with Crippen LogP contribution in [0.4, 0.5) is 4.39 Å². The first-order valence-electron chi connectivity index (χ1n) is 10.7. The van der Waals surface area contributed by atoms with E-state index in [1.54, 1.807) is 12.1 Å². The van der Waals surface area contributed by atoms with Crippen molar-refractivity contribution in [3.8, 4) is 11.5 Å². The van der Waals surface area contributed by atoms with Gasteiger partial charge < -0.3 is 9.32 Å². The van der Waals surface area contributed by atoms with Crippen LogP contribution in [0.25, 0.3) is 11.5 Å². The van der Waals surface area contributed by atoms with Crippen molar-refractivity contribution >= 4 is 17.7 Å². The van der Waals surface area contributed by atoms with E-state index in [0.29, 0.717) is 17.7 Å². The Morgan fingerprint density at radius 2 is 1.90 bits per heavy atom. The lowest BCUT2D eigenvalue weighted by Crippen LogP contribution is -2.41. The van der Waals surface area contributed by atoms with Crippen molar-refractivity contribution in [3.05, 3.63) is 65.5 Å². The molecule has 0 aliphatic heterocycles. The average Bonchev–Trinajstić information content (AvgIpc) is 3.27. The second kappa shape index (κ2) is 10.1. The summed E-state index contributed by atoms with van der Waals surface area (Å²) in [5, 5.41) is 8.60. The van der Waals surface area contributed by atoms with E-state index in [0.717, 1.165) is 42.4 Å². The molecule has 1 fully saturated rings. The molecule has 1 saturated carbocycles. The van der Waals surface area contributed by atoms with Crippen LogP contribution in [0.15, 0.2) is 58.2 Å². The average molecular weight is 440 g/mol. The van der Waals surface area contributed by atoms with Crippen LogP contribution in [-0.4, -0.2) is 32.8 Å². The normalized spacial score (nSPS) is 14.5. The molecule has 7 heteroatoms. The number of halogens is 1. The van der Waals surface area contributed by atoms with Crippen LogP contribution in [0.5, 0.6) is 0 Å². The van der Waals surface area contributed by atoms with Crippen molar-refractivity contribution in [1.29, 1.82) is 0 Å². The van der Waals surface area contributed by atoms with Crippen molar-refractivity contribution in [3.63, 3.8) is 0 Å². The van der Waals surface area contributed by atoms with Crippen LogP contribution in [0.3, 0.4) is 0 Å². The summed E-state index contributed by atoms with van der Waals surface area (Å²) < 4.78 is 19.0. The maximum absolute atomic E-state index is 13.3. The lowest BCUT2D eigenvalue weighted by molar-refractivity contribution is -0.132. The molecule has 1 aromatic heterocycles. The molecule has 0 spiro atoms. The highest BCUT2D eigenvalue weighted by molar-refractivity contribution is 7.99. The quantitative estimate of drug-likeness (QED) is 0.446. The van der Waals surface area contributed by atoms with Crippen LogP contribution in [0.2, 0.25) is 0 Å². The molecule has 0 unspecified atom stereocenters. The van der Waals surface area contributed by atoms with Gasteiger partial charge in [0, 0.05) is 18.2 Å². The molecule has 162 valence electrons. The predicted octanol–water partition coefficient (Wildman–Crippen LogP) is 5.64. The molecule has 2 aromatic carbocycles. The van der Waals surface area contributed by atoms with E-state index < -0.39 is 0 Å². The van der Waals surface area contributed by atoms with Gasteiger partial charge in [-0.1, -0.05) is 60.9 Å². The fourth-order valence-electron chi connectivity index (χ4n) is 3.97. The van der Waals surface area contributed by atoms with Gasteiger partial charge in [0.05, 0.1) is 5.75 Å². The Hall–Kier alpha value is -2.67. The Labute approximate surface area is 186 Å². The standard InChI is InChI=1S/C24H26FN3O2S/c1-17-6-5-7-19(14-17)23-26-27-24(30-23)31-16-22(29)28(21-8-3-2-4-9-21)15-18-10-12-20(25)13-11-18/h5-7,10-14,21H,2-4,8-9,15-16H2,1H3. The molecule has 1 aliphatic rings. The first-order chi connectivity index (χ1) is 15.1. The molecule has 0 bridgehead atoms.